The Balaban J connectivity index is 2.07. The first-order chi connectivity index (χ1) is 13.5. The molecule has 28 heavy (non-hydrogen) atoms. The summed E-state index contributed by atoms with van der Waals surface area (Å²) in [5.74, 6) is 0.0391. The lowest BCUT2D eigenvalue weighted by atomic mass is 10.1. The molecule has 0 bridgehead atoms. The van der Waals surface area contributed by atoms with E-state index in [9.17, 15) is 10.2 Å². The van der Waals surface area contributed by atoms with Gasteiger partial charge in [-0.25, -0.2) is 0 Å². The Morgan fingerprint density at radius 1 is 1.07 bits per heavy atom. The second-order valence-corrected chi connectivity index (χ2v) is 7.63. The summed E-state index contributed by atoms with van der Waals surface area (Å²) >= 11 is 9.04. The fourth-order valence-electron chi connectivity index (χ4n) is 2.68. The van der Waals surface area contributed by atoms with Crippen LogP contribution < -0.4 is 9.88 Å². The van der Waals surface area contributed by atoms with Crippen molar-refractivity contribution in [3.8, 4) is 0 Å². The van der Waals surface area contributed by atoms with Crippen molar-refractivity contribution in [1.82, 2.24) is 0 Å². The van der Waals surface area contributed by atoms with Crippen LogP contribution in [0.15, 0.2) is 77.5 Å². The van der Waals surface area contributed by atoms with Crippen molar-refractivity contribution in [2.45, 2.75) is 13.5 Å². The summed E-state index contributed by atoms with van der Waals surface area (Å²) in [6.07, 6.45) is 3.53. The van der Waals surface area contributed by atoms with Gasteiger partial charge in [0.1, 0.15) is 0 Å². The number of benzene rings is 2. The van der Waals surface area contributed by atoms with E-state index in [0.717, 1.165) is 15.7 Å². The molecule has 0 spiro atoms. The van der Waals surface area contributed by atoms with Crippen LogP contribution in [0.1, 0.15) is 16.7 Å². The number of aryl methyl sites for hydroxylation is 1. The second kappa shape index (κ2) is 9.10. The number of nitrogens with one attached hydrogen (secondary N) is 1. The van der Waals surface area contributed by atoms with E-state index in [0.29, 0.717) is 21.8 Å². The number of aliphatic hydroxyl groups excluding tert-OH is 2. The van der Waals surface area contributed by atoms with Gasteiger partial charge >= 0.3 is 0 Å². The van der Waals surface area contributed by atoms with Gasteiger partial charge in [-0.05, 0) is 49.4 Å². The Hall–Kier alpha value is -2.54. The third-order valence-electron chi connectivity index (χ3n) is 4.17. The zero-order valence-electron chi connectivity index (χ0n) is 15.3. The van der Waals surface area contributed by atoms with Crippen LogP contribution in [0.5, 0.6) is 0 Å². The predicted molar refractivity (Wildman–Crippen MR) is 120 cm³/mol. The third-order valence-corrected chi connectivity index (χ3v) is 4.99. The number of pyridine rings is 1. The largest absolute Gasteiger partial charge is 0.502 e. The van der Waals surface area contributed by atoms with E-state index in [1.54, 1.807) is 29.1 Å². The fourth-order valence-corrected chi connectivity index (χ4v) is 3.26. The molecule has 0 atom stereocenters. The molecule has 0 fully saturated rings. The molecule has 0 amide bonds. The lowest BCUT2D eigenvalue weighted by molar-refractivity contribution is -0.576. The van der Waals surface area contributed by atoms with E-state index >= 15 is 0 Å². The van der Waals surface area contributed by atoms with Crippen molar-refractivity contribution in [2.24, 2.45) is 0 Å². The molecule has 0 radical (unpaired) electrons. The van der Waals surface area contributed by atoms with Gasteiger partial charge in [0.15, 0.2) is 23.1 Å². The van der Waals surface area contributed by atoms with Gasteiger partial charge in [-0.3, -0.25) is 0 Å². The Kier molecular flexibility index (Phi) is 6.57. The summed E-state index contributed by atoms with van der Waals surface area (Å²) in [6.45, 7) is 1.91. The van der Waals surface area contributed by atoms with Gasteiger partial charge in [-0.1, -0.05) is 45.8 Å². The molecule has 0 aliphatic carbocycles. The Bertz CT molecular complexity index is 1020. The van der Waals surface area contributed by atoms with Crippen molar-refractivity contribution in [3.63, 3.8) is 0 Å². The van der Waals surface area contributed by atoms with Gasteiger partial charge in [-0.15, -0.1) is 0 Å². The predicted octanol–water partition coefficient (Wildman–Crippen LogP) is 4.86. The zero-order chi connectivity index (χ0) is 20.1. The van der Waals surface area contributed by atoms with Crippen molar-refractivity contribution in [1.29, 1.82) is 0 Å². The third kappa shape index (κ3) is 4.84. The minimum Gasteiger partial charge on any atom is -0.502 e. The van der Waals surface area contributed by atoms with Gasteiger partial charge in [0.2, 0.25) is 0 Å². The number of nitrogens with zero attached hydrogens (tertiary/aromatic N) is 1. The normalized spacial score (nSPS) is 11.7. The van der Waals surface area contributed by atoms with Crippen LogP contribution in [0.25, 0.3) is 11.5 Å². The van der Waals surface area contributed by atoms with Crippen LogP contribution in [0, 0.1) is 6.92 Å². The number of aliphatic hydroxyl groups is 2. The zero-order valence-corrected chi connectivity index (χ0v) is 17.7. The maximum Gasteiger partial charge on any atom is 0.288 e. The second-order valence-electron chi connectivity index (χ2n) is 6.30. The highest BCUT2D eigenvalue weighted by Gasteiger charge is 2.24. The van der Waals surface area contributed by atoms with Crippen LogP contribution >= 0.6 is 28.1 Å². The van der Waals surface area contributed by atoms with Gasteiger partial charge in [0.25, 0.3) is 5.70 Å². The Morgan fingerprint density at radius 2 is 1.75 bits per heavy atom. The van der Waals surface area contributed by atoms with Crippen molar-refractivity contribution in [3.05, 3.63) is 94.2 Å². The SMILES string of the molecule is Cc1ccc(NC(=S)/C(=C(\O)c2ccc(Br)cc2)[n+]2cccc(CO)c2)cc1. The molecule has 0 saturated carbocycles. The van der Waals surface area contributed by atoms with Crippen molar-refractivity contribution >= 4 is 50.3 Å². The maximum absolute atomic E-state index is 11.0. The van der Waals surface area contributed by atoms with Gasteiger partial charge in [0.05, 0.1) is 6.61 Å². The number of aromatic nitrogens is 1. The van der Waals surface area contributed by atoms with E-state index in [1.165, 1.54) is 0 Å². The fraction of sp³-hybridized carbons (Fsp3) is 0.0909. The highest BCUT2D eigenvalue weighted by atomic mass is 79.9. The minimum absolute atomic E-state index is 0.0391. The topological polar surface area (TPSA) is 56.4 Å². The molecule has 3 rings (SSSR count). The average molecular weight is 456 g/mol. The van der Waals surface area contributed by atoms with Crippen molar-refractivity contribution < 1.29 is 14.8 Å². The lowest BCUT2D eigenvalue weighted by Crippen LogP contribution is -2.39. The lowest BCUT2D eigenvalue weighted by Gasteiger charge is -2.11. The van der Waals surface area contributed by atoms with E-state index in [1.807, 2.05) is 55.5 Å². The number of halogens is 1. The summed E-state index contributed by atoms with van der Waals surface area (Å²) in [7, 11) is 0. The molecule has 1 aromatic heterocycles. The molecular formula is C22H20BrN2O2S+. The highest BCUT2D eigenvalue weighted by Crippen LogP contribution is 2.21. The van der Waals surface area contributed by atoms with Gasteiger partial charge < -0.3 is 15.5 Å². The summed E-state index contributed by atoms with van der Waals surface area (Å²) in [5, 5.41) is 23.7. The van der Waals surface area contributed by atoms with Gasteiger partial charge in [0, 0.05) is 27.4 Å². The number of thiocarbonyl (C=S) groups is 1. The van der Waals surface area contributed by atoms with Crippen LogP contribution in [0.3, 0.4) is 0 Å². The summed E-state index contributed by atoms with van der Waals surface area (Å²) in [6, 6.07) is 18.8. The number of anilines is 1. The van der Waals surface area contributed by atoms with Crippen LogP contribution in [0.4, 0.5) is 5.69 Å². The maximum atomic E-state index is 11.0. The Labute approximate surface area is 177 Å². The molecular weight excluding hydrogens is 436 g/mol. The Morgan fingerprint density at radius 3 is 2.39 bits per heavy atom. The molecule has 3 aromatic rings. The molecule has 3 N–H and O–H groups in total. The molecule has 0 aliphatic rings. The van der Waals surface area contributed by atoms with E-state index < -0.39 is 0 Å². The molecule has 0 saturated heterocycles. The summed E-state index contributed by atoms with van der Waals surface area (Å²) < 4.78 is 2.63. The van der Waals surface area contributed by atoms with E-state index in [2.05, 4.69) is 21.2 Å². The number of hydrogen-bond acceptors (Lipinski definition) is 3. The van der Waals surface area contributed by atoms with Crippen LogP contribution in [-0.2, 0) is 6.61 Å². The number of rotatable bonds is 5. The summed E-state index contributed by atoms with van der Waals surface area (Å²) in [4.78, 5) is 0.365. The molecule has 0 aliphatic heterocycles. The highest BCUT2D eigenvalue weighted by molar-refractivity contribution is 9.10. The number of hydrogen-bond donors (Lipinski definition) is 3. The van der Waals surface area contributed by atoms with Crippen molar-refractivity contribution in [2.75, 3.05) is 5.32 Å². The molecule has 4 nitrogen and oxygen atoms in total. The molecule has 6 heteroatoms. The minimum atomic E-state index is -0.106. The first-order valence-electron chi connectivity index (χ1n) is 8.66. The quantitative estimate of drug-likeness (QED) is 0.222. The summed E-state index contributed by atoms with van der Waals surface area (Å²) in [5.41, 5.74) is 3.74. The van der Waals surface area contributed by atoms with E-state index in [4.69, 9.17) is 12.2 Å². The standard InChI is InChI=1S/C22H19BrN2O2S/c1-15-4-10-19(11-5-15)24-22(28)20(25-12-2-3-16(13-25)14-26)21(27)17-6-8-18(23)9-7-17/h2-13,26H,14H2,1H3,(H-,24,27,28)/p+1. The monoisotopic (exact) mass is 455 g/mol. The van der Waals surface area contributed by atoms with Gasteiger partial charge in [-0.2, -0.15) is 4.57 Å². The van der Waals surface area contributed by atoms with Crippen LogP contribution in [0.2, 0.25) is 0 Å². The van der Waals surface area contributed by atoms with Crippen LogP contribution in [-0.4, -0.2) is 15.2 Å². The van der Waals surface area contributed by atoms with E-state index in [-0.39, 0.29) is 12.4 Å². The molecule has 2 aromatic carbocycles. The molecule has 0 unspecified atom stereocenters. The average Bonchev–Trinajstić information content (AvgIpc) is 2.70. The first-order valence-corrected chi connectivity index (χ1v) is 9.86. The molecule has 142 valence electrons. The smallest absolute Gasteiger partial charge is 0.288 e. The first kappa shape index (κ1) is 20.2. The molecule has 1 heterocycles.